The van der Waals surface area contributed by atoms with Gasteiger partial charge in [-0.25, -0.2) is 8.42 Å². The number of rotatable bonds is 4. The molecule has 0 saturated heterocycles. The van der Waals surface area contributed by atoms with Crippen LogP contribution in [0.25, 0.3) is 11.5 Å². The summed E-state index contributed by atoms with van der Waals surface area (Å²) in [5, 5.41) is 2.68. The maximum Gasteiger partial charge on any atom is 0.233 e. The van der Waals surface area contributed by atoms with Crippen molar-refractivity contribution >= 4 is 15.7 Å². The lowest BCUT2D eigenvalue weighted by Gasteiger charge is -2.03. The minimum atomic E-state index is -3.77. The Morgan fingerprint density at radius 3 is 2.19 bits per heavy atom. The van der Waals surface area contributed by atoms with Gasteiger partial charge in [0.2, 0.25) is 26.6 Å². The third-order valence-electron chi connectivity index (χ3n) is 3.78. The van der Waals surface area contributed by atoms with E-state index < -0.39 is 9.84 Å². The van der Waals surface area contributed by atoms with Crippen molar-refractivity contribution in [2.45, 2.75) is 23.8 Å². The van der Waals surface area contributed by atoms with Crippen molar-refractivity contribution in [3.8, 4) is 11.5 Å². The number of hydrogen-bond acceptors (Lipinski definition) is 6. The van der Waals surface area contributed by atoms with Crippen LogP contribution in [-0.4, -0.2) is 27.5 Å². The van der Waals surface area contributed by atoms with Gasteiger partial charge >= 0.3 is 0 Å². The standard InChI is InChI=1S/C18H18N2O3S.CH5N/c1-12-8-10-14(11-9-12)24(21,22)18-17(19-3)23-16(20-18)15-7-5-4-6-13(15)2;1-2/h4-11,19H,1-3H3;2H2,1H3. The average molecular weight is 373 g/mol. The van der Waals surface area contributed by atoms with Crippen molar-refractivity contribution in [1.29, 1.82) is 0 Å². The fraction of sp³-hybridized carbons (Fsp3) is 0.211. The summed E-state index contributed by atoms with van der Waals surface area (Å²) in [6.45, 7) is 3.83. The number of hydrogen-bond donors (Lipinski definition) is 2. The third-order valence-corrected chi connectivity index (χ3v) is 5.46. The molecule has 0 spiro atoms. The molecule has 3 aromatic rings. The van der Waals surface area contributed by atoms with Gasteiger partial charge in [0.05, 0.1) is 4.90 Å². The number of nitrogens with one attached hydrogen (secondary N) is 1. The number of anilines is 1. The molecule has 6 nitrogen and oxygen atoms in total. The second kappa shape index (κ2) is 8.16. The summed E-state index contributed by atoms with van der Waals surface area (Å²) >= 11 is 0. The number of nitrogens with two attached hydrogens (primary N) is 1. The number of aryl methyl sites for hydroxylation is 2. The molecule has 138 valence electrons. The Hall–Kier alpha value is -2.64. The summed E-state index contributed by atoms with van der Waals surface area (Å²) in [6.07, 6.45) is 0. The summed E-state index contributed by atoms with van der Waals surface area (Å²) < 4.78 is 31.4. The predicted molar refractivity (Wildman–Crippen MR) is 103 cm³/mol. The second-order valence-electron chi connectivity index (χ2n) is 5.53. The van der Waals surface area contributed by atoms with E-state index in [-0.39, 0.29) is 21.7 Å². The molecule has 0 aliphatic carbocycles. The van der Waals surface area contributed by atoms with E-state index in [0.29, 0.717) is 0 Å². The number of sulfone groups is 1. The Bertz CT molecular complexity index is 978. The Labute approximate surface area is 154 Å². The van der Waals surface area contributed by atoms with Crippen molar-refractivity contribution in [2.75, 3.05) is 19.4 Å². The first-order valence-corrected chi connectivity index (χ1v) is 9.56. The van der Waals surface area contributed by atoms with Crippen molar-refractivity contribution < 1.29 is 12.8 Å². The Kier molecular flexibility index (Phi) is 6.18. The van der Waals surface area contributed by atoms with Crippen LogP contribution < -0.4 is 11.1 Å². The van der Waals surface area contributed by atoms with E-state index in [0.717, 1.165) is 16.7 Å². The van der Waals surface area contributed by atoms with Crippen molar-refractivity contribution in [1.82, 2.24) is 4.98 Å². The molecule has 0 aliphatic heterocycles. The van der Waals surface area contributed by atoms with E-state index in [1.807, 2.05) is 38.1 Å². The smallest absolute Gasteiger partial charge is 0.233 e. The summed E-state index contributed by atoms with van der Waals surface area (Å²) in [7, 11) is -0.658. The van der Waals surface area contributed by atoms with Gasteiger partial charge in [0.1, 0.15) is 0 Å². The lowest BCUT2D eigenvalue weighted by Crippen LogP contribution is -2.05. The van der Waals surface area contributed by atoms with E-state index >= 15 is 0 Å². The molecule has 1 heterocycles. The van der Waals surface area contributed by atoms with Crippen molar-refractivity contribution in [3.05, 3.63) is 59.7 Å². The molecule has 0 amide bonds. The molecule has 0 unspecified atom stereocenters. The Morgan fingerprint density at radius 2 is 1.62 bits per heavy atom. The maximum atomic E-state index is 12.9. The van der Waals surface area contributed by atoms with Gasteiger partial charge in [0.15, 0.2) is 0 Å². The molecule has 3 N–H and O–H groups in total. The molecule has 0 bridgehead atoms. The van der Waals surface area contributed by atoms with Crippen LogP contribution in [0.1, 0.15) is 11.1 Å². The van der Waals surface area contributed by atoms with Gasteiger partial charge in [-0.3, -0.25) is 0 Å². The normalized spacial score (nSPS) is 10.8. The third kappa shape index (κ3) is 3.79. The topological polar surface area (TPSA) is 98.2 Å². The number of nitrogens with zero attached hydrogens (tertiary/aromatic N) is 1. The van der Waals surface area contributed by atoms with Gasteiger partial charge in [0.25, 0.3) is 0 Å². The SMILES string of the molecule is CN.CNc1oc(-c2ccccc2C)nc1S(=O)(=O)c1ccc(C)cc1. The second-order valence-corrected chi connectivity index (χ2v) is 7.40. The Balaban J connectivity index is 0.00000117. The molecule has 0 atom stereocenters. The highest BCUT2D eigenvalue weighted by molar-refractivity contribution is 7.91. The lowest BCUT2D eigenvalue weighted by molar-refractivity contribution is 0.580. The van der Waals surface area contributed by atoms with Crippen LogP contribution in [-0.2, 0) is 9.84 Å². The van der Waals surface area contributed by atoms with Crippen LogP contribution in [0.2, 0.25) is 0 Å². The molecule has 0 saturated carbocycles. The first-order valence-electron chi connectivity index (χ1n) is 8.07. The quantitative estimate of drug-likeness (QED) is 0.727. The van der Waals surface area contributed by atoms with Crippen LogP contribution >= 0.6 is 0 Å². The zero-order valence-electron chi connectivity index (χ0n) is 15.3. The molecular weight excluding hydrogens is 350 g/mol. The van der Waals surface area contributed by atoms with Crippen molar-refractivity contribution in [3.63, 3.8) is 0 Å². The predicted octanol–water partition coefficient (Wildman–Crippen LogP) is 3.41. The summed E-state index contributed by atoms with van der Waals surface area (Å²) in [4.78, 5) is 4.45. The van der Waals surface area contributed by atoms with Gasteiger partial charge in [0, 0.05) is 12.6 Å². The largest absolute Gasteiger partial charge is 0.419 e. The van der Waals surface area contributed by atoms with E-state index in [1.165, 1.54) is 7.05 Å². The minimum absolute atomic E-state index is 0.105. The van der Waals surface area contributed by atoms with Crippen LogP contribution in [0, 0.1) is 13.8 Å². The van der Waals surface area contributed by atoms with E-state index in [9.17, 15) is 8.42 Å². The van der Waals surface area contributed by atoms with Crippen molar-refractivity contribution in [2.24, 2.45) is 5.73 Å². The molecular formula is C19H23N3O3S. The van der Waals surface area contributed by atoms with Crippen LogP contribution in [0.5, 0.6) is 0 Å². The van der Waals surface area contributed by atoms with Gasteiger partial charge in [-0.1, -0.05) is 35.9 Å². The summed E-state index contributed by atoms with van der Waals surface area (Å²) in [6, 6.07) is 14.2. The number of oxazole rings is 1. The first kappa shape index (κ1) is 19.7. The average Bonchev–Trinajstić information content (AvgIpc) is 3.09. The van der Waals surface area contributed by atoms with Gasteiger partial charge in [-0.15, -0.1) is 0 Å². The van der Waals surface area contributed by atoms with E-state index in [2.05, 4.69) is 16.0 Å². The summed E-state index contributed by atoms with van der Waals surface area (Å²) in [5.74, 6) is 0.414. The van der Waals surface area contributed by atoms with Gasteiger partial charge in [-0.2, -0.15) is 4.98 Å². The zero-order valence-corrected chi connectivity index (χ0v) is 16.1. The highest BCUT2D eigenvalue weighted by Gasteiger charge is 2.28. The molecule has 3 rings (SSSR count). The molecule has 0 radical (unpaired) electrons. The molecule has 0 aliphatic rings. The highest BCUT2D eigenvalue weighted by Crippen LogP contribution is 2.33. The highest BCUT2D eigenvalue weighted by atomic mass is 32.2. The molecule has 7 heteroatoms. The lowest BCUT2D eigenvalue weighted by atomic mass is 10.1. The molecule has 0 fully saturated rings. The van der Waals surface area contributed by atoms with Crippen LogP contribution in [0.3, 0.4) is 0 Å². The summed E-state index contributed by atoms with van der Waals surface area (Å²) in [5.41, 5.74) is 7.21. The van der Waals surface area contributed by atoms with E-state index in [1.54, 1.807) is 31.3 Å². The minimum Gasteiger partial charge on any atom is -0.419 e. The van der Waals surface area contributed by atoms with Gasteiger partial charge in [-0.05, 0) is 44.7 Å². The Morgan fingerprint density at radius 1 is 1.00 bits per heavy atom. The fourth-order valence-electron chi connectivity index (χ4n) is 2.40. The molecule has 26 heavy (non-hydrogen) atoms. The van der Waals surface area contributed by atoms with Crippen LogP contribution in [0.4, 0.5) is 5.88 Å². The maximum absolute atomic E-state index is 12.9. The van der Waals surface area contributed by atoms with Gasteiger partial charge < -0.3 is 15.5 Å². The monoisotopic (exact) mass is 373 g/mol. The molecule has 2 aromatic carbocycles. The first-order chi connectivity index (χ1) is 12.4. The van der Waals surface area contributed by atoms with Crippen LogP contribution in [0.15, 0.2) is 62.9 Å². The number of aromatic nitrogens is 1. The number of benzene rings is 2. The zero-order chi connectivity index (χ0) is 19.3. The molecule has 1 aromatic heterocycles. The fourth-order valence-corrected chi connectivity index (χ4v) is 3.71. The van der Waals surface area contributed by atoms with E-state index in [4.69, 9.17) is 4.42 Å².